The summed E-state index contributed by atoms with van der Waals surface area (Å²) in [5.74, 6) is -2.22. The molecule has 144 valence electrons. The van der Waals surface area contributed by atoms with Crippen molar-refractivity contribution < 1.29 is 34.1 Å². The first-order valence-electron chi connectivity index (χ1n) is 8.75. The van der Waals surface area contributed by atoms with Crippen molar-refractivity contribution in [3.05, 3.63) is 88.0 Å². The zero-order valence-electron chi connectivity index (χ0n) is 15.0. The van der Waals surface area contributed by atoms with E-state index in [1.54, 1.807) is 36.4 Å². The largest absolute Gasteiger partial charge is 0.457 e. The van der Waals surface area contributed by atoms with E-state index in [0.29, 0.717) is 22.3 Å². The van der Waals surface area contributed by atoms with Crippen molar-refractivity contribution in [2.45, 2.75) is 13.0 Å². The molecule has 0 atom stereocenters. The summed E-state index contributed by atoms with van der Waals surface area (Å²) >= 11 is 0. The molecule has 0 aliphatic heterocycles. The number of ketones is 2. The van der Waals surface area contributed by atoms with Crippen LogP contribution in [0.3, 0.4) is 0 Å². The predicted molar refractivity (Wildman–Crippen MR) is 99.7 cm³/mol. The van der Waals surface area contributed by atoms with E-state index in [4.69, 9.17) is 9.99 Å². The van der Waals surface area contributed by atoms with Crippen molar-refractivity contribution >= 4 is 29.1 Å². The molecule has 7 heteroatoms. The lowest BCUT2D eigenvalue weighted by atomic mass is 9.89. The summed E-state index contributed by atoms with van der Waals surface area (Å²) in [6, 6.07) is 12.7. The molecule has 2 aliphatic rings. The van der Waals surface area contributed by atoms with Crippen LogP contribution in [0.2, 0.25) is 0 Å². The molecule has 0 heterocycles. The molecule has 0 radical (unpaired) electrons. The molecule has 1 N–H and O–H groups in total. The average molecular weight is 390 g/mol. The Labute approximate surface area is 164 Å². The Kier molecular flexibility index (Phi) is 4.66. The number of ether oxygens (including phenoxy) is 1. The number of benzene rings is 2. The summed E-state index contributed by atoms with van der Waals surface area (Å²) in [6.45, 7) is -0.0726. The first kappa shape index (κ1) is 18.5. The lowest BCUT2D eigenvalue weighted by molar-refractivity contribution is -0.182. The number of Topliss-reactive ketones (excluding diaryl/α,β-unsaturated/α-hetero) is 2. The minimum absolute atomic E-state index is 0.0347. The fourth-order valence-electron chi connectivity index (χ4n) is 3.43. The second kappa shape index (κ2) is 7.29. The van der Waals surface area contributed by atoms with Crippen LogP contribution in [0, 0.1) is 0 Å². The monoisotopic (exact) mass is 390 g/mol. The van der Waals surface area contributed by atoms with E-state index in [1.165, 1.54) is 18.2 Å². The standard InChI is InChI=1S/C22H14O7/c23-17-10-9-16(18-14-3-1-2-4-15(14)20(24)19(17)18)22(26)28-11-12-5-7-13(8-6-12)21(25)29-27/h1-9,27H,10-11H2. The van der Waals surface area contributed by atoms with Gasteiger partial charge in [-0.2, -0.15) is 5.26 Å². The van der Waals surface area contributed by atoms with Crippen molar-refractivity contribution in [2.24, 2.45) is 0 Å². The molecule has 2 aromatic rings. The molecule has 2 aliphatic carbocycles. The van der Waals surface area contributed by atoms with Crippen LogP contribution in [0.1, 0.15) is 38.3 Å². The number of hydrogen-bond donors (Lipinski definition) is 1. The highest BCUT2D eigenvalue weighted by Gasteiger charge is 2.39. The van der Waals surface area contributed by atoms with Gasteiger partial charge in [0.2, 0.25) is 0 Å². The molecule has 0 bridgehead atoms. The Balaban J connectivity index is 1.55. The molecule has 7 nitrogen and oxygen atoms in total. The van der Waals surface area contributed by atoms with Crippen LogP contribution in [0.25, 0.3) is 5.57 Å². The fourth-order valence-corrected chi connectivity index (χ4v) is 3.43. The van der Waals surface area contributed by atoms with Gasteiger partial charge in [-0.25, -0.2) is 9.59 Å². The Morgan fingerprint density at radius 3 is 2.28 bits per heavy atom. The number of fused-ring (bicyclic) bond motifs is 2. The van der Waals surface area contributed by atoms with Crippen LogP contribution in [0.15, 0.2) is 65.8 Å². The number of esters is 1. The predicted octanol–water partition coefficient (Wildman–Crippen LogP) is 2.91. The van der Waals surface area contributed by atoms with Crippen LogP contribution in [-0.2, 0) is 25.8 Å². The summed E-state index contributed by atoms with van der Waals surface area (Å²) in [7, 11) is 0. The van der Waals surface area contributed by atoms with Crippen molar-refractivity contribution in [1.82, 2.24) is 0 Å². The van der Waals surface area contributed by atoms with Crippen molar-refractivity contribution in [3.63, 3.8) is 0 Å². The fraction of sp³-hybridized carbons (Fsp3) is 0.0909. The third kappa shape index (κ3) is 3.17. The van der Waals surface area contributed by atoms with Crippen LogP contribution >= 0.6 is 0 Å². The minimum Gasteiger partial charge on any atom is -0.457 e. The summed E-state index contributed by atoms with van der Waals surface area (Å²) in [6.07, 6.45) is 1.44. The topological polar surface area (TPSA) is 107 Å². The molecule has 0 spiro atoms. The van der Waals surface area contributed by atoms with Gasteiger partial charge in [-0.05, 0) is 23.3 Å². The molecule has 0 saturated heterocycles. The highest BCUT2D eigenvalue weighted by atomic mass is 17.1. The van der Waals surface area contributed by atoms with E-state index in [1.807, 2.05) is 0 Å². The zero-order valence-corrected chi connectivity index (χ0v) is 15.0. The second-order valence-corrected chi connectivity index (χ2v) is 6.52. The zero-order chi connectivity index (χ0) is 20.5. The van der Waals surface area contributed by atoms with Gasteiger partial charge in [-0.1, -0.05) is 42.5 Å². The second-order valence-electron chi connectivity index (χ2n) is 6.52. The molecular formula is C22H14O7. The quantitative estimate of drug-likeness (QED) is 0.370. The molecule has 0 fully saturated rings. The Morgan fingerprint density at radius 2 is 1.59 bits per heavy atom. The van der Waals surface area contributed by atoms with E-state index >= 15 is 0 Å². The van der Waals surface area contributed by atoms with E-state index in [-0.39, 0.29) is 41.3 Å². The molecule has 4 rings (SSSR count). The first-order valence-corrected chi connectivity index (χ1v) is 8.75. The lowest BCUT2D eigenvalue weighted by Crippen LogP contribution is -2.18. The van der Waals surface area contributed by atoms with Gasteiger partial charge < -0.3 is 4.74 Å². The van der Waals surface area contributed by atoms with Crippen LogP contribution < -0.4 is 0 Å². The van der Waals surface area contributed by atoms with E-state index in [0.717, 1.165) is 0 Å². The highest BCUT2D eigenvalue weighted by Crippen LogP contribution is 2.41. The van der Waals surface area contributed by atoms with Crippen molar-refractivity contribution in [1.29, 1.82) is 0 Å². The SMILES string of the molecule is O=C1CC=C(C(=O)OCc2ccc(C(=O)OO)cc2)C2=C1C(=O)c1ccccc12. The number of rotatable bonds is 4. The summed E-state index contributed by atoms with van der Waals surface area (Å²) < 4.78 is 5.36. The van der Waals surface area contributed by atoms with Gasteiger partial charge in [0.15, 0.2) is 11.6 Å². The van der Waals surface area contributed by atoms with E-state index < -0.39 is 11.9 Å². The average Bonchev–Trinajstić information content (AvgIpc) is 3.06. The molecule has 0 amide bonds. The van der Waals surface area contributed by atoms with Gasteiger partial charge in [0, 0.05) is 17.6 Å². The molecule has 0 aromatic heterocycles. The van der Waals surface area contributed by atoms with Crippen LogP contribution in [0.5, 0.6) is 0 Å². The normalized spacial score (nSPS) is 14.9. The van der Waals surface area contributed by atoms with Crippen LogP contribution in [-0.4, -0.2) is 28.8 Å². The van der Waals surface area contributed by atoms with Gasteiger partial charge in [0.1, 0.15) is 6.61 Å². The van der Waals surface area contributed by atoms with Gasteiger partial charge in [0.25, 0.3) is 0 Å². The summed E-state index contributed by atoms with van der Waals surface area (Å²) in [4.78, 5) is 52.5. The molecule has 2 aromatic carbocycles. The van der Waals surface area contributed by atoms with E-state index in [2.05, 4.69) is 4.89 Å². The Morgan fingerprint density at radius 1 is 0.897 bits per heavy atom. The number of carbonyl (C=O) groups excluding carboxylic acids is 4. The van der Waals surface area contributed by atoms with Crippen molar-refractivity contribution in [2.75, 3.05) is 0 Å². The van der Waals surface area contributed by atoms with E-state index in [9.17, 15) is 19.2 Å². The third-order valence-corrected chi connectivity index (χ3v) is 4.82. The number of carbonyl (C=O) groups is 4. The molecular weight excluding hydrogens is 376 g/mol. The maximum atomic E-state index is 12.7. The van der Waals surface area contributed by atoms with Gasteiger partial charge >= 0.3 is 11.9 Å². The third-order valence-electron chi connectivity index (χ3n) is 4.82. The number of hydrogen-bond acceptors (Lipinski definition) is 7. The first-order chi connectivity index (χ1) is 14.0. The highest BCUT2D eigenvalue weighted by molar-refractivity contribution is 6.39. The van der Waals surface area contributed by atoms with Gasteiger partial charge in [-0.3, -0.25) is 14.5 Å². The summed E-state index contributed by atoms with van der Waals surface area (Å²) in [5, 5.41) is 8.38. The molecule has 0 saturated carbocycles. The van der Waals surface area contributed by atoms with Crippen LogP contribution in [0.4, 0.5) is 0 Å². The Bertz CT molecular complexity index is 1120. The van der Waals surface area contributed by atoms with Crippen molar-refractivity contribution in [3.8, 4) is 0 Å². The smallest absolute Gasteiger partial charge is 0.372 e. The van der Waals surface area contributed by atoms with Gasteiger partial charge in [0.05, 0.1) is 16.7 Å². The Hall–Kier alpha value is -3.84. The molecule has 0 unspecified atom stereocenters. The maximum absolute atomic E-state index is 12.7. The lowest BCUT2D eigenvalue weighted by Gasteiger charge is -2.15. The maximum Gasteiger partial charge on any atom is 0.372 e. The minimum atomic E-state index is -0.894. The van der Waals surface area contributed by atoms with Gasteiger partial charge in [-0.15, -0.1) is 0 Å². The molecule has 29 heavy (non-hydrogen) atoms. The summed E-state index contributed by atoms with van der Waals surface area (Å²) in [5.41, 5.74) is 2.26. The number of allylic oxidation sites excluding steroid dienone is 2.